The molecule has 0 radical (unpaired) electrons. The lowest BCUT2D eigenvalue weighted by atomic mass is 9.93. The van der Waals surface area contributed by atoms with E-state index in [2.05, 4.69) is 68.4 Å². The topological polar surface area (TPSA) is 45.5 Å². The molecular formula is C20H27N5S. The molecule has 1 aliphatic rings. The fourth-order valence-corrected chi connectivity index (χ4v) is 4.30. The van der Waals surface area contributed by atoms with Crippen LogP contribution in [0.1, 0.15) is 44.9 Å². The van der Waals surface area contributed by atoms with E-state index < -0.39 is 0 Å². The summed E-state index contributed by atoms with van der Waals surface area (Å²) in [5.41, 5.74) is 3.69. The predicted octanol–water partition coefficient (Wildman–Crippen LogP) is 4.48. The van der Waals surface area contributed by atoms with Crippen molar-refractivity contribution in [3.63, 3.8) is 0 Å². The first kappa shape index (κ1) is 17.3. The molecule has 1 aromatic carbocycles. The molecule has 0 bridgehead atoms. The molecule has 26 heavy (non-hydrogen) atoms. The molecule has 1 saturated heterocycles. The molecule has 1 aliphatic heterocycles. The van der Waals surface area contributed by atoms with Crippen molar-refractivity contribution in [2.24, 2.45) is 0 Å². The summed E-state index contributed by atoms with van der Waals surface area (Å²) in [5.74, 6) is 0. The minimum atomic E-state index is 0.0629. The van der Waals surface area contributed by atoms with Crippen LogP contribution < -0.4 is 10.2 Å². The van der Waals surface area contributed by atoms with E-state index in [1.807, 2.05) is 4.52 Å². The average molecular weight is 370 g/mol. The van der Waals surface area contributed by atoms with Gasteiger partial charge in [0.05, 0.1) is 11.9 Å². The molecule has 2 aromatic heterocycles. The van der Waals surface area contributed by atoms with Gasteiger partial charge in [-0.3, -0.25) is 0 Å². The third-order valence-electron chi connectivity index (χ3n) is 4.96. The Morgan fingerprint density at radius 1 is 1.19 bits per heavy atom. The SMILES string of the molecule is Cc1cccc(NC2CCN(c3nn4cc(C(C)(C)C)nc4s3)CC2)c1. The zero-order valence-electron chi connectivity index (χ0n) is 16.0. The number of benzene rings is 1. The number of rotatable bonds is 3. The highest BCUT2D eigenvalue weighted by Gasteiger charge is 2.24. The Balaban J connectivity index is 1.40. The smallest absolute Gasteiger partial charge is 0.214 e. The predicted molar refractivity (Wildman–Crippen MR) is 110 cm³/mol. The second-order valence-electron chi connectivity index (χ2n) is 8.26. The van der Waals surface area contributed by atoms with Crippen molar-refractivity contribution in [3.8, 4) is 0 Å². The van der Waals surface area contributed by atoms with Crippen LogP contribution in [0.3, 0.4) is 0 Å². The third-order valence-corrected chi connectivity index (χ3v) is 5.94. The van der Waals surface area contributed by atoms with Crippen molar-refractivity contribution >= 4 is 27.1 Å². The quantitative estimate of drug-likeness (QED) is 0.739. The van der Waals surface area contributed by atoms with Gasteiger partial charge in [0.2, 0.25) is 10.1 Å². The third kappa shape index (κ3) is 3.56. The lowest BCUT2D eigenvalue weighted by Gasteiger charge is -2.32. The Morgan fingerprint density at radius 3 is 2.62 bits per heavy atom. The van der Waals surface area contributed by atoms with E-state index >= 15 is 0 Å². The van der Waals surface area contributed by atoms with Gasteiger partial charge in [0.15, 0.2) is 0 Å². The van der Waals surface area contributed by atoms with Gasteiger partial charge in [-0.15, -0.1) is 5.10 Å². The number of fused-ring (bicyclic) bond motifs is 1. The van der Waals surface area contributed by atoms with Crippen molar-refractivity contribution < 1.29 is 0 Å². The summed E-state index contributed by atoms with van der Waals surface area (Å²) < 4.78 is 1.94. The summed E-state index contributed by atoms with van der Waals surface area (Å²) >= 11 is 1.69. The van der Waals surface area contributed by atoms with Gasteiger partial charge in [0, 0.05) is 30.2 Å². The van der Waals surface area contributed by atoms with Gasteiger partial charge in [0.25, 0.3) is 0 Å². The van der Waals surface area contributed by atoms with Crippen LogP contribution in [0.4, 0.5) is 10.8 Å². The number of nitrogens with zero attached hydrogens (tertiary/aromatic N) is 4. The van der Waals surface area contributed by atoms with E-state index in [0.29, 0.717) is 6.04 Å². The monoisotopic (exact) mass is 369 g/mol. The van der Waals surface area contributed by atoms with Crippen LogP contribution in [0.2, 0.25) is 0 Å². The normalized spacial score (nSPS) is 16.4. The lowest BCUT2D eigenvalue weighted by Crippen LogP contribution is -2.39. The number of hydrogen-bond acceptors (Lipinski definition) is 5. The van der Waals surface area contributed by atoms with Crippen molar-refractivity contribution in [2.45, 2.75) is 52.0 Å². The summed E-state index contributed by atoms with van der Waals surface area (Å²) in [5, 5.41) is 9.53. The Kier molecular flexibility index (Phi) is 4.39. The maximum atomic E-state index is 4.77. The summed E-state index contributed by atoms with van der Waals surface area (Å²) in [4.78, 5) is 8.14. The fourth-order valence-electron chi connectivity index (χ4n) is 3.36. The van der Waals surface area contributed by atoms with Crippen LogP contribution in [0.25, 0.3) is 4.96 Å². The van der Waals surface area contributed by atoms with Crippen LogP contribution in [-0.4, -0.2) is 33.7 Å². The number of aromatic nitrogens is 3. The summed E-state index contributed by atoms with van der Waals surface area (Å²) in [6, 6.07) is 9.16. The second-order valence-corrected chi connectivity index (χ2v) is 9.20. The van der Waals surface area contributed by atoms with Crippen LogP contribution in [-0.2, 0) is 5.41 Å². The number of imidazole rings is 1. The molecule has 5 nitrogen and oxygen atoms in total. The zero-order chi connectivity index (χ0) is 18.3. The number of aryl methyl sites for hydroxylation is 1. The first-order valence-corrected chi connectivity index (χ1v) is 10.1. The Morgan fingerprint density at radius 2 is 1.96 bits per heavy atom. The molecule has 3 heterocycles. The standard InChI is InChI=1S/C20H27N5S/c1-14-6-5-7-16(12-14)21-15-8-10-24(11-9-15)19-23-25-13-17(20(2,3)4)22-18(25)26-19/h5-7,12-13,15,21H,8-11H2,1-4H3. The Hall–Kier alpha value is -2.08. The van der Waals surface area contributed by atoms with E-state index in [1.54, 1.807) is 11.3 Å². The fraction of sp³-hybridized carbons (Fsp3) is 0.500. The molecule has 138 valence electrons. The molecule has 4 rings (SSSR count). The van der Waals surface area contributed by atoms with Gasteiger partial charge in [-0.25, -0.2) is 9.50 Å². The Bertz CT molecular complexity index is 865. The molecule has 0 atom stereocenters. The van der Waals surface area contributed by atoms with Crippen LogP contribution in [0.5, 0.6) is 0 Å². The first-order chi connectivity index (χ1) is 12.4. The molecule has 0 amide bonds. The molecular weight excluding hydrogens is 342 g/mol. The highest BCUT2D eigenvalue weighted by atomic mass is 32.1. The van der Waals surface area contributed by atoms with Crippen molar-refractivity contribution in [1.29, 1.82) is 0 Å². The molecule has 0 unspecified atom stereocenters. The minimum absolute atomic E-state index is 0.0629. The number of anilines is 2. The van der Waals surface area contributed by atoms with E-state index in [9.17, 15) is 0 Å². The maximum absolute atomic E-state index is 4.77. The van der Waals surface area contributed by atoms with E-state index in [-0.39, 0.29) is 5.41 Å². The number of piperidine rings is 1. The van der Waals surface area contributed by atoms with E-state index in [4.69, 9.17) is 10.1 Å². The van der Waals surface area contributed by atoms with Gasteiger partial charge < -0.3 is 10.2 Å². The maximum Gasteiger partial charge on any atom is 0.214 e. The highest BCUT2D eigenvalue weighted by Crippen LogP contribution is 2.29. The molecule has 1 N–H and O–H groups in total. The van der Waals surface area contributed by atoms with Gasteiger partial charge in [-0.2, -0.15) is 0 Å². The van der Waals surface area contributed by atoms with Crippen LogP contribution in [0.15, 0.2) is 30.5 Å². The van der Waals surface area contributed by atoms with E-state index in [1.165, 1.54) is 11.3 Å². The summed E-state index contributed by atoms with van der Waals surface area (Å²) in [7, 11) is 0. The van der Waals surface area contributed by atoms with Gasteiger partial charge in [-0.05, 0) is 37.5 Å². The average Bonchev–Trinajstić information content (AvgIpc) is 3.14. The van der Waals surface area contributed by atoms with Crippen molar-refractivity contribution in [1.82, 2.24) is 14.6 Å². The van der Waals surface area contributed by atoms with E-state index in [0.717, 1.165) is 41.7 Å². The first-order valence-electron chi connectivity index (χ1n) is 9.33. The Labute approximate surface area is 159 Å². The van der Waals surface area contributed by atoms with Crippen molar-refractivity contribution in [2.75, 3.05) is 23.3 Å². The largest absolute Gasteiger partial charge is 0.382 e. The minimum Gasteiger partial charge on any atom is -0.382 e. The highest BCUT2D eigenvalue weighted by molar-refractivity contribution is 7.20. The van der Waals surface area contributed by atoms with Crippen LogP contribution >= 0.6 is 11.3 Å². The number of nitrogens with one attached hydrogen (secondary N) is 1. The molecule has 0 aliphatic carbocycles. The zero-order valence-corrected chi connectivity index (χ0v) is 16.8. The molecule has 1 fully saturated rings. The molecule has 6 heteroatoms. The van der Waals surface area contributed by atoms with Gasteiger partial charge in [0.1, 0.15) is 0 Å². The summed E-state index contributed by atoms with van der Waals surface area (Å²) in [6.07, 6.45) is 4.33. The number of hydrogen-bond donors (Lipinski definition) is 1. The lowest BCUT2D eigenvalue weighted by molar-refractivity contribution is 0.524. The molecule has 3 aromatic rings. The van der Waals surface area contributed by atoms with Gasteiger partial charge in [-0.1, -0.05) is 44.2 Å². The van der Waals surface area contributed by atoms with Crippen molar-refractivity contribution in [3.05, 3.63) is 41.7 Å². The second kappa shape index (κ2) is 6.58. The summed E-state index contributed by atoms with van der Waals surface area (Å²) in [6.45, 7) is 10.8. The molecule has 0 saturated carbocycles. The van der Waals surface area contributed by atoms with Gasteiger partial charge >= 0.3 is 0 Å². The molecule has 0 spiro atoms. The van der Waals surface area contributed by atoms with Crippen LogP contribution in [0, 0.1) is 6.92 Å².